The summed E-state index contributed by atoms with van der Waals surface area (Å²) in [7, 11) is 0. The van der Waals surface area contributed by atoms with E-state index in [-0.39, 0.29) is 23.8 Å². The molecule has 0 aliphatic heterocycles. The van der Waals surface area contributed by atoms with Crippen molar-refractivity contribution in [2.75, 3.05) is 12.8 Å². The standard InChI is InChI=1S/C21H25NO3S/c1-15(23)25-19-11-10-17(12-20(19)26-4)18(24)14-22-21(2,3)13-16-8-6-5-7-9-16/h5-12,22H,13-14H2,1-4H3. The van der Waals surface area contributed by atoms with Crippen LogP contribution in [0.25, 0.3) is 0 Å². The molecule has 1 N–H and O–H groups in total. The summed E-state index contributed by atoms with van der Waals surface area (Å²) < 4.78 is 5.16. The van der Waals surface area contributed by atoms with Gasteiger partial charge in [0.2, 0.25) is 0 Å². The van der Waals surface area contributed by atoms with Crippen molar-refractivity contribution in [2.45, 2.75) is 37.6 Å². The number of rotatable bonds is 8. The Balaban J connectivity index is 2.01. The van der Waals surface area contributed by atoms with Gasteiger partial charge in [0.05, 0.1) is 11.4 Å². The first-order valence-electron chi connectivity index (χ1n) is 8.49. The summed E-state index contributed by atoms with van der Waals surface area (Å²) in [6.45, 7) is 5.79. The number of thioether (sulfide) groups is 1. The minimum absolute atomic E-state index is 0.0100. The highest BCUT2D eigenvalue weighted by atomic mass is 32.2. The molecule has 4 nitrogen and oxygen atoms in total. The number of nitrogens with one attached hydrogen (secondary N) is 1. The van der Waals surface area contributed by atoms with Gasteiger partial charge < -0.3 is 10.1 Å². The maximum Gasteiger partial charge on any atom is 0.308 e. The summed E-state index contributed by atoms with van der Waals surface area (Å²) in [5, 5.41) is 3.35. The van der Waals surface area contributed by atoms with Crippen molar-refractivity contribution in [3.05, 3.63) is 59.7 Å². The number of Topliss-reactive ketones (excluding diaryl/α,β-unsaturated/α-hetero) is 1. The lowest BCUT2D eigenvalue weighted by Gasteiger charge is -2.26. The van der Waals surface area contributed by atoms with E-state index in [0.717, 1.165) is 11.3 Å². The van der Waals surface area contributed by atoms with Crippen LogP contribution in [0.4, 0.5) is 0 Å². The SMILES string of the molecule is CSc1cc(C(=O)CNC(C)(C)Cc2ccccc2)ccc1OC(C)=O. The average Bonchev–Trinajstić information content (AvgIpc) is 2.60. The number of hydrogen-bond donors (Lipinski definition) is 1. The minimum atomic E-state index is -0.372. The fourth-order valence-corrected chi connectivity index (χ4v) is 3.23. The van der Waals surface area contributed by atoms with Gasteiger partial charge in [0.25, 0.3) is 0 Å². The smallest absolute Gasteiger partial charge is 0.308 e. The predicted molar refractivity (Wildman–Crippen MR) is 106 cm³/mol. The molecule has 2 aromatic rings. The van der Waals surface area contributed by atoms with E-state index in [1.165, 1.54) is 24.2 Å². The zero-order valence-corrected chi connectivity index (χ0v) is 16.5. The summed E-state index contributed by atoms with van der Waals surface area (Å²) in [5.41, 5.74) is 1.64. The molecule has 2 aromatic carbocycles. The topological polar surface area (TPSA) is 55.4 Å². The molecule has 138 valence electrons. The van der Waals surface area contributed by atoms with Crippen LogP contribution in [0.1, 0.15) is 36.7 Å². The molecule has 0 unspecified atom stereocenters. The van der Waals surface area contributed by atoms with E-state index in [9.17, 15) is 9.59 Å². The molecular weight excluding hydrogens is 346 g/mol. The lowest BCUT2D eigenvalue weighted by molar-refractivity contribution is -0.132. The quantitative estimate of drug-likeness (QED) is 0.327. The number of benzene rings is 2. The van der Waals surface area contributed by atoms with Crippen molar-refractivity contribution in [3.63, 3.8) is 0 Å². The normalized spacial score (nSPS) is 11.2. The second-order valence-corrected chi connectivity index (χ2v) is 7.63. The molecule has 0 fully saturated rings. The Bertz CT molecular complexity index is 772. The van der Waals surface area contributed by atoms with Crippen molar-refractivity contribution in [2.24, 2.45) is 0 Å². The number of carbonyl (C=O) groups is 2. The van der Waals surface area contributed by atoms with Gasteiger partial charge >= 0.3 is 5.97 Å². The maximum absolute atomic E-state index is 12.6. The van der Waals surface area contributed by atoms with Crippen LogP contribution in [0.5, 0.6) is 5.75 Å². The van der Waals surface area contributed by atoms with E-state index in [2.05, 4.69) is 31.3 Å². The minimum Gasteiger partial charge on any atom is -0.426 e. The van der Waals surface area contributed by atoms with Gasteiger partial charge in [-0.2, -0.15) is 0 Å². The summed E-state index contributed by atoms with van der Waals surface area (Å²) in [6.07, 6.45) is 2.72. The van der Waals surface area contributed by atoms with E-state index in [4.69, 9.17) is 4.74 Å². The molecule has 26 heavy (non-hydrogen) atoms. The van der Waals surface area contributed by atoms with Crippen LogP contribution in [-0.4, -0.2) is 30.1 Å². The van der Waals surface area contributed by atoms with Gasteiger partial charge in [-0.25, -0.2) is 0 Å². The average molecular weight is 372 g/mol. The largest absolute Gasteiger partial charge is 0.426 e. The molecule has 5 heteroatoms. The van der Waals surface area contributed by atoms with Crippen molar-refractivity contribution in [1.82, 2.24) is 5.32 Å². The highest BCUT2D eigenvalue weighted by molar-refractivity contribution is 7.98. The Morgan fingerprint density at radius 2 is 1.81 bits per heavy atom. The van der Waals surface area contributed by atoms with Crippen LogP contribution < -0.4 is 10.1 Å². The van der Waals surface area contributed by atoms with Gasteiger partial charge in [-0.05, 0) is 50.3 Å². The van der Waals surface area contributed by atoms with Crippen LogP contribution in [0, 0.1) is 0 Å². The Morgan fingerprint density at radius 1 is 1.12 bits per heavy atom. The Morgan fingerprint density at radius 3 is 2.42 bits per heavy atom. The number of carbonyl (C=O) groups excluding carboxylic acids is 2. The van der Waals surface area contributed by atoms with Crippen molar-refractivity contribution >= 4 is 23.5 Å². The van der Waals surface area contributed by atoms with E-state index in [1.807, 2.05) is 24.5 Å². The fraction of sp³-hybridized carbons (Fsp3) is 0.333. The highest BCUT2D eigenvalue weighted by Crippen LogP contribution is 2.29. The van der Waals surface area contributed by atoms with Gasteiger partial charge in [0, 0.05) is 18.0 Å². The van der Waals surface area contributed by atoms with Gasteiger partial charge in [0.1, 0.15) is 5.75 Å². The van der Waals surface area contributed by atoms with E-state index < -0.39 is 0 Å². The molecule has 0 atom stereocenters. The van der Waals surface area contributed by atoms with Crippen molar-refractivity contribution in [1.29, 1.82) is 0 Å². The third-order valence-corrected chi connectivity index (χ3v) is 4.71. The summed E-state index contributed by atoms with van der Waals surface area (Å²) in [4.78, 5) is 24.5. The summed E-state index contributed by atoms with van der Waals surface area (Å²) in [6, 6.07) is 15.4. The van der Waals surface area contributed by atoms with E-state index in [1.54, 1.807) is 18.2 Å². The van der Waals surface area contributed by atoms with Crippen LogP contribution in [0.15, 0.2) is 53.4 Å². The molecule has 0 saturated carbocycles. The van der Waals surface area contributed by atoms with Crippen LogP contribution >= 0.6 is 11.8 Å². The third kappa shape index (κ3) is 6.00. The number of ether oxygens (including phenoxy) is 1. The first kappa shape index (κ1) is 20.2. The van der Waals surface area contributed by atoms with Gasteiger partial charge in [0.15, 0.2) is 5.78 Å². The lowest BCUT2D eigenvalue weighted by Crippen LogP contribution is -2.44. The molecule has 0 spiro atoms. The molecule has 0 aliphatic rings. The Kier molecular flexibility index (Phi) is 7.00. The summed E-state index contributed by atoms with van der Waals surface area (Å²) in [5.74, 6) is 0.124. The molecule has 0 saturated heterocycles. The maximum atomic E-state index is 12.6. The molecular formula is C21H25NO3S. The fourth-order valence-electron chi connectivity index (χ4n) is 2.67. The first-order chi connectivity index (χ1) is 12.3. The van der Waals surface area contributed by atoms with E-state index >= 15 is 0 Å². The second-order valence-electron chi connectivity index (χ2n) is 6.78. The number of esters is 1. The monoisotopic (exact) mass is 371 g/mol. The second kappa shape index (κ2) is 9.01. The first-order valence-corrected chi connectivity index (χ1v) is 9.72. The van der Waals surface area contributed by atoms with Gasteiger partial charge in [-0.15, -0.1) is 11.8 Å². The molecule has 0 amide bonds. The molecule has 2 rings (SSSR count). The molecule has 0 radical (unpaired) electrons. The number of ketones is 1. The zero-order chi connectivity index (χ0) is 19.2. The Labute approximate surface area is 159 Å². The molecule has 0 heterocycles. The van der Waals surface area contributed by atoms with Crippen LogP contribution in [0.2, 0.25) is 0 Å². The van der Waals surface area contributed by atoms with Crippen molar-refractivity contribution < 1.29 is 14.3 Å². The van der Waals surface area contributed by atoms with Crippen LogP contribution in [-0.2, 0) is 11.2 Å². The Hall–Kier alpha value is -2.11. The van der Waals surface area contributed by atoms with Gasteiger partial charge in [-0.3, -0.25) is 9.59 Å². The third-order valence-electron chi connectivity index (χ3n) is 3.96. The highest BCUT2D eigenvalue weighted by Gasteiger charge is 2.20. The van der Waals surface area contributed by atoms with Crippen molar-refractivity contribution in [3.8, 4) is 5.75 Å². The van der Waals surface area contributed by atoms with Gasteiger partial charge in [-0.1, -0.05) is 30.3 Å². The molecule has 0 aromatic heterocycles. The molecule has 0 aliphatic carbocycles. The van der Waals surface area contributed by atoms with Crippen LogP contribution in [0.3, 0.4) is 0 Å². The number of hydrogen-bond acceptors (Lipinski definition) is 5. The van der Waals surface area contributed by atoms with E-state index in [0.29, 0.717) is 11.3 Å². The summed E-state index contributed by atoms with van der Waals surface area (Å²) >= 11 is 1.44. The molecule has 0 bridgehead atoms. The predicted octanol–water partition coefficient (Wildman–Crippen LogP) is 4.13. The lowest BCUT2D eigenvalue weighted by atomic mass is 9.94. The zero-order valence-electron chi connectivity index (χ0n) is 15.7.